The van der Waals surface area contributed by atoms with Crippen molar-refractivity contribution in [3.05, 3.63) is 11.8 Å². The highest BCUT2D eigenvalue weighted by Crippen LogP contribution is 2.41. The van der Waals surface area contributed by atoms with Crippen LogP contribution in [0.15, 0.2) is 11.8 Å². The summed E-state index contributed by atoms with van der Waals surface area (Å²) in [5, 5.41) is 0. The van der Waals surface area contributed by atoms with Crippen LogP contribution in [0.5, 0.6) is 0 Å². The number of hydrogen-bond acceptors (Lipinski definition) is 1. The Bertz CT molecular complexity index is 215. The molecule has 1 aliphatic heterocycles. The zero-order valence-corrected chi connectivity index (χ0v) is 6.41. The number of rotatable bonds is 2. The molecule has 1 heterocycles. The molecule has 0 aromatic rings. The van der Waals surface area contributed by atoms with Crippen molar-refractivity contribution in [2.45, 2.75) is 31.8 Å². The second-order valence-electron chi connectivity index (χ2n) is 2.62. The molecule has 0 spiro atoms. The average molecular weight is 184 g/mol. The van der Waals surface area contributed by atoms with Crippen LogP contribution in [0.25, 0.3) is 0 Å². The normalized spacial score (nSPS) is 35.6. The summed E-state index contributed by atoms with van der Waals surface area (Å²) in [7, 11) is 0. The van der Waals surface area contributed by atoms with Crippen LogP contribution in [0.1, 0.15) is 19.8 Å². The molecule has 70 valence electrons. The first-order valence-corrected chi connectivity index (χ1v) is 3.58. The lowest BCUT2D eigenvalue weighted by Gasteiger charge is -2.19. The molecular formula is C7H8F4O. The van der Waals surface area contributed by atoms with Crippen LogP contribution in [-0.2, 0) is 4.74 Å². The Kier molecular flexibility index (Phi) is 2.30. The van der Waals surface area contributed by atoms with E-state index in [9.17, 15) is 17.6 Å². The molecule has 5 heteroatoms. The number of ether oxygens (including phenoxy) is 1. The Morgan fingerprint density at radius 3 is 2.42 bits per heavy atom. The van der Waals surface area contributed by atoms with Gasteiger partial charge in [0.15, 0.2) is 0 Å². The first-order valence-electron chi connectivity index (χ1n) is 3.58. The summed E-state index contributed by atoms with van der Waals surface area (Å²) in [5.41, 5.74) is 0. The van der Waals surface area contributed by atoms with E-state index in [1.54, 1.807) is 6.92 Å². The molecule has 0 N–H and O–H groups in total. The van der Waals surface area contributed by atoms with Gasteiger partial charge in [0, 0.05) is 6.42 Å². The molecule has 1 aliphatic rings. The maximum atomic E-state index is 13.1. The topological polar surface area (TPSA) is 9.23 Å². The summed E-state index contributed by atoms with van der Waals surface area (Å²) in [6.45, 7) is 1.56. The Morgan fingerprint density at radius 1 is 1.50 bits per heavy atom. The van der Waals surface area contributed by atoms with Crippen LogP contribution in [0.4, 0.5) is 17.6 Å². The maximum Gasteiger partial charge on any atom is 0.311 e. The van der Waals surface area contributed by atoms with Crippen LogP contribution in [0.2, 0.25) is 0 Å². The summed E-state index contributed by atoms with van der Waals surface area (Å²) in [5.74, 6) is -4.63. The summed E-state index contributed by atoms with van der Waals surface area (Å²) >= 11 is 0. The van der Waals surface area contributed by atoms with Gasteiger partial charge in [-0.2, -0.15) is 8.78 Å². The van der Waals surface area contributed by atoms with Crippen molar-refractivity contribution in [3.8, 4) is 0 Å². The number of halogens is 4. The third-order valence-electron chi connectivity index (χ3n) is 1.64. The largest absolute Gasteiger partial charge is 0.428 e. The van der Waals surface area contributed by atoms with Crippen molar-refractivity contribution in [2.24, 2.45) is 0 Å². The second-order valence-corrected chi connectivity index (χ2v) is 2.62. The molecule has 0 aromatic heterocycles. The van der Waals surface area contributed by atoms with Gasteiger partial charge in [0.05, 0.1) is 0 Å². The van der Waals surface area contributed by atoms with Gasteiger partial charge in [0.1, 0.15) is 0 Å². The minimum absolute atomic E-state index is 0.248. The van der Waals surface area contributed by atoms with Crippen LogP contribution in [-0.4, -0.2) is 12.0 Å². The third-order valence-corrected chi connectivity index (χ3v) is 1.64. The zero-order valence-electron chi connectivity index (χ0n) is 6.41. The molecule has 0 fully saturated rings. The van der Waals surface area contributed by atoms with E-state index < -0.39 is 23.9 Å². The smallest absolute Gasteiger partial charge is 0.311 e. The van der Waals surface area contributed by atoms with Crippen molar-refractivity contribution in [3.63, 3.8) is 0 Å². The van der Waals surface area contributed by atoms with Crippen molar-refractivity contribution >= 4 is 0 Å². The monoisotopic (exact) mass is 184 g/mol. The summed E-state index contributed by atoms with van der Waals surface area (Å²) in [6, 6.07) is -1.78. The van der Waals surface area contributed by atoms with Gasteiger partial charge >= 0.3 is 6.01 Å². The fourth-order valence-corrected chi connectivity index (χ4v) is 1.06. The quantitative estimate of drug-likeness (QED) is 0.599. The van der Waals surface area contributed by atoms with Crippen LogP contribution in [0, 0.1) is 0 Å². The van der Waals surface area contributed by atoms with Gasteiger partial charge in [-0.25, -0.2) is 8.78 Å². The minimum atomic E-state index is -2.84. The lowest BCUT2D eigenvalue weighted by atomic mass is 10.1. The predicted octanol–water partition coefficient (Wildman–Crippen LogP) is 2.93. The van der Waals surface area contributed by atoms with E-state index in [1.165, 1.54) is 0 Å². The maximum absolute atomic E-state index is 13.1. The van der Waals surface area contributed by atoms with E-state index >= 15 is 0 Å². The second kappa shape index (κ2) is 2.95. The van der Waals surface area contributed by atoms with E-state index in [0.717, 1.165) is 0 Å². The Morgan fingerprint density at radius 2 is 2.08 bits per heavy atom. The van der Waals surface area contributed by atoms with Gasteiger partial charge < -0.3 is 4.74 Å². The molecule has 12 heavy (non-hydrogen) atoms. The summed E-state index contributed by atoms with van der Waals surface area (Å²) < 4.78 is 54.0. The summed E-state index contributed by atoms with van der Waals surface area (Å²) in [4.78, 5) is 0. The lowest BCUT2D eigenvalue weighted by Crippen LogP contribution is -2.32. The highest BCUT2D eigenvalue weighted by atomic mass is 19.2. The SMILES string of the molecule is CCCC1(F)OC(F)=C(F)C1F. The molecule has 2 atom stereocenters. The van der Waals surface area contributed by atoms with Crippen molar-refractivity contribution in [2.75, 3.05) is 0 Å². The molecule has 0 saturated heterocycles. The fraction of sp³-hybridized carbons (Fsp3) is 0.714. The minimum Gasteiger partial charge on any atom is -0.428 e. The zero-order chi connectivity index (χ0) is 9.35. The standard InChI is InChI=1S/C7H8F4O/c1-2-3-7(11)5(9)4(8)6(10)12-7/h5H,2-3H2,1H3. The van der Waals surface area contributed by atoms with E-state index in [4.69, 9.17) is 0 Å². The van der Waals surface area contributed by atoms with Gasteiger partial charge in [-0.3, -0.25) is 0 Å². The Balaban J connectivity index is 2.76. The Labute approximate surface area is 67.0 Å². The Hall–Kier alpha value is -0.740. The molecule has 0 aliphatic carbocycles. The average Bonchev–Trinajstić information content (AvgIpc) is 2.17. The van der Waals surface area contributed by atoms with E-state index in [1.807, 2.05) is 0 Å². The molecule has 0 aromatic carbocycles. The first kappa shape index (κ1) is 9.35. The van der Waals surface area contributed by atoms with Crippen molar-refractivity contribution in [1.29, 1.82) is 0 Å². The van der Waals surface area contributed by atoms with Gasteiger partial charge in [-0.15, -0.1) is 0 Å². The van der Waals surface area contributed by atoms with Gasteiger partial charge in [-0.05, 0) is 6.42 Å². The third kappa shape index (κ3) is 1.28. The highest BCUT2D eigenvalue weighted by molar-refractivity contribution is 5.12. The van der Waals surface area contributed by atoms with Gasteiger partial charge in [-0.1, -0.05) is 6.92 Å². The number of alkyl halides is 2. The van der Waals surface area contributed by atoms with Gasteiger partial charge in [0.25, 0.3) is 5.85 Å². The fourth-order valence-electron chi connectivity index (χ4n) is 1.06. The van der Waals surface area contributed by atoms with E-state index in [-0.39, 0.29) is 12.8 Å². The predicted molar refractivity (Wildman–Crippen MR) is 34.0 cm³/mol. The summed E-state index contributed by atoms with van der Waals surface area (Å²) in [6.07, 6.45) is -2.75. The van der Waals surface area contributed by atoms with Crippen LogP contribution < -0.4 is 0 Å². The van der Waals surface area contributed by atoms with Crippen LogP contribution >= 0.6 is 0 Å². The van der Waals surface area contributed by atoms with Crippen LogP contribution in [0.3, 0.4) is 0 Å². The first-order chi connectivity index (χ1) is 5.51. The molecule has 2 unspecified atom stereocenters. The van der Waals surface area contributed by atoms with Crippen molar-refractivity contribution in [1.82, 2.24) is 0 Å². The lowest BCUT2D eigenvalue weighted by molar-refractivity contribution is -0.147. The molecule has 0 amide bonds. The highest BCUT2D eigenvalue weighted by Gasteiger charge is 2.52. The molecule has 1 rings (SSSR count). The molecule has 0 saturated carbocycles. The van der Waals surface area contributed by atoms with Gasteiger partial charge in [0.2, 0.25) is 12.0 Å². The van der Waals surface area contributed by atoms with E-state index in [2.05, 4.69) is 4.74 Å². The number of hydrogen-bond donors (Lipinski definition) is 0. The molecule has 1 nitrogen and oxygen atoms in total. The van der Waals surface area contributed by atoms with Crippen molar-refractivity contribution < 1.29 is 22.3 Å². The van der Waals surface area contributed by atoms with E-state index in [0.29, 0.717) is 0 Å². The molecular weight excluding hydrogens is 176 g/mol. The molecule has 0 bridgehead atoms. The molecule has 0 radical (unpaired) electrons.